The summed E-state index contributed by atoms with van der Waals surface area (Å²) in [6.45, 7) is 0. The Morgan fingerprint density at radius 1 is 1.00 bits per heavy atom. The molecule has 0 bridgehead atoms. The lowest BCUT2D eigenvalue weighted by Crippen LogP contribution is -2.36. The van der Waals surface area contributed by atoms with E-state index in [1.54, 1.807) is 0 Å². The first kappa shape index (κ1) is 21.0. The minimum Gasteiger partial charge on any atom is -0.481 e. The molecule has 0 fully saturated rings. The summed E-state index contributed by atoms with van der Waals surface area (Å²) in [5.41, 5.74) is 0.702. The summed E-state index contributed by atoms with van der Waals surface area (Å²) in [5, 5.41) is 0. The molecule has 8 nitrogen and oxygen atoms in total. The van der Waals surface area contributed by atoms with Gasteiger partial charge in [-0.2, -0.15) is 9.29 Å². The van der Waals surface area contributed by atoms with Gasteiger partial charge in [0.15, 0.2) is 11.5 Å². The number of nitrogens with zero attached hydrogens (tertiary/aromatic N) is 2. The average molecular weight is 426 g/mol. The molecule has 0 saturated heterocycles. The topological polar surface area (TPSA) is 98.9 Å². The number of hydrogen-bond donors (Lipinski definition) is 0. The predicted octanol–water partition coefficient (Wildman–Crippen LogP) is 2.70. The van der Waals surface area contributed by atoms with Gasteiger partial charge < -0.3 is 13.9 Å². The van der Waals surface area contributed by atoms with Gasteiger partial charge in [-0.05, 0) is 36.3 Å². The first-order valence-electron chi connectivity index (χ1n) is 8.64. The number of hydrogen-bond acceptors (Lipinski definition) is 7. The van der Waals surface area contributed by atoms with Crippen LogP contribution in [0.15, 0.2) is 59.0 Å². The molecule has 30 heavy (non-hydrogen) atoms. The van der Waals surface area contributed by atoms with Crippen molar-refractivity contribution < 1.29 is 27.1 Å². The minimum atomic E-state index is -4.04. The summed E-state index contributed by atoms with van der Waals surface area (Å²) in [6.07, 6.45) is 0.896. The van der Waals surface area contributed by atoms with E-state index >= 15 is 0 Å². The number of furan rings is 1. The van der Waals surface area contributed by atoms with Crippen molar-refractivity contribution in [2.24, 2.45) is 0 Å². The Bertz CT molecular complexity index is 1220. The Hall–Kier alpha value is -3.77. The lowest BCUT2D eigenvalue weighted by Gasteiger charge is -2.21. The highest BCUT2D eigenvalue weighted by molar-refractivity contribution is 7.92. The monoisotopic (exact) mass is 426 g/mol. The Morgan fingerprint density at radius 2 is 1.73 bits per heavy atom. The maximum atomic E-state index is 13.0. The van der Waals surface area contributed by atoms with E-state index in [2.05, 4.69) is 16.8 Å². The number of carbonyl (C=O) groups is 1. The van der Waals surface area contributed by atoms with E-state index in [1.165, 1.54) is 38.5 Å². The Balaban J connectivity index is 1.97. The van der Waals surface area contributed by atoms with Crippen molar-refractivity contribution in [3.05, 3.63) is 71.7 Å². The molecular weight excluding hydrogens is 408 g/mol. The molecule has 3 rings (SSSR count). The van der Waals surface area contributed by atoms with Crippen molar-refractivity contribution in [3.8, 4) is 23.6 Å². The maximum Gasteiger partial charge on any atom is 0.307 e. The summed E-state index contributed by atoms with van der Waals surface area (Å²) in [4.78, 5) is 17.0. The zero-order valence-electron chi connectivity index (χ0n) is 16.4. The third-order valence-corrected chi connectivity index (χ3v) is 4.90. The van der Waals surface area contributed by atoms with E-state index < -0.39 is 15.9 Å². The molecule has 1 amide bonds. The van der Waals surface area contributed by atoms with Crippen molar-refractivity contribution in [1.82, 2.24) is 4.98 Å². The number of ether oxygens (including phenoxy) is 2. The molecule has 9 heteroatoms. The zero-order chi connectivity index (χ0) is 21.7. The van der Waals surface area contributed by atoms with Crippen LogP contribution in [0, 0.1) is 11.8 Å². The number of pyridine rings is 1. The predicted molar refractivity (Wildman–Crippen MR) is 110 cm³/mol. The molecule has 0 radical (unpaired) electrons. The van der Waals surface area contributed by atoms with Crippen molar-refractivity contribution >= 4 is 21.6 Å². The van der Waals surface area contributed by atoms with E-state index in [4.69, 9.17) is 13.9 Å². The van der Waals surface area contributed by atoms with Gasteiger partial charge in [0.1, 0.15) is 5.69 Å². The summed E-state index contributed by atoms with van der Waals surface area (Å²) in [7, 11) is -1.33. The van der Waals surface area contributed by atoms with Gasteiger partial charge in [0.2, 0.25) is 21.8 Å². The van der Waals surface area contributed by atoms with Crippen molar-refractivity contribution in [2.75, 3.05) is 24.8 Å². The molecule has 1 aromatic carbocycles. The summed E-state index contributed by atoms with van der Waals surface area (Å²) < 4.78 is 41.0. The number of rotatable bonds is 5. The Labute approximate surface area is 174 Å². The van der Waals surface area contributed by atoms with Crippen LogP contribution in [0.25, 0.3) is 0 Å². The number of anilines is 1. The van der Waals surface area contributed by atoms with Crippen LogP contribution in [0.4, 0.5) is 5.69 Å². The first-order valence-corrected chi connectivity index (χ1v) is 10.5. The quantitative estimate of drug-likeness (QED) is 0.579. The minimum absolute atomic E-state index is 0.0703. The largest absolute Gasteiger partial charge is 0.481 e. The summed E-state index contributed by atoms with van der Waals surface area (Å²) in [6, 6.07) is 14.9. The van der Waals surface area contributed by atoms with Crippen LogP contribution in [0.5, 0.6) is 11.8 Å². The SMILES string of the molecule is COc1ccc(N(C(=O)c2ccc(C#Cc3ccccc3)o2)S(C)(=O)=O)c(OC)n1. The molecule has 0 unspecified atom stereocenters. The molecule has 2 heterocycles. The molecule has 0 aliphatic heterocycles. The van der Waals surface area contributed by atoms with Gasteiger partial charge in [-0.25, -0.2) is 8.42 Å². The number of aromatic nitrogens is 1. The van der Waals surface area contributed by atoms with Crippen LogP contribution in [-0.2, 0) is 10.0 Å². The number of sulfonamides is 1. The van der Waals surface area contributed by atoms with Crippen LogP contribution in [0.1, 0.15) is 21.9 Å². The third kappa shape index (κ3) is 4.61. The average Bonchev–Trinajstić information content (AvgIpc) is 3.21. The van der Waals surface area contributed by atoms with Crippen LogP contribution in [0.2, 0.25) is 0 Å². The molecule has 0 atom stereocenters. The number of carbonyl (C=O) groups excluding carboxylic acids is 1. The van der Waals surface area contributed by atoms with Crippen molar-refractivity contribution in [2.45, 2.75) is 0 Å². The fraction of sp³-hybridized carbons (Fsp3) is 0.143. The molecule has 154 valence electrons. The van der Waals surface area contributed by atoms with Crippen LogP contribution in [-0.4, -0.2) is 39.8 Å². The Morgan fingerprint density at radius 3 is 2.37 bits per heavy atom. The fourth-order valence-electron chi connectivity index (χ4n) is 2.55. The second-order valence-corrected chi connectivity index (χ2v) is 7.83. The first-order chi connectivity index (χ1) is 14.3. The normalized spacial score (nSPS) is 10.6. The molecule has 0 spiro atoms. The molecule has 0 aliphatic carbocycles. The Kier molecular flexibility index (Phi) is 6.09. The highest BCUT2D eigenvalue weighted by Crippen LogP contribution is 2.31. The van der Waals surface area contributed by atoms with Gasteiger partial charge in [-0.15, -0.1) is 0 Å². The highest BCUT2D eigenvalue weighted by atomic mass is 32.2. The van der Waals surface area contributed by atoms with Crippen LogP contribution >= 0.6 is 0 Å². The van der Waals surface area contributed by atoms with Gasteiger partial charge in [-0.3, -0.25) is 4.79 Å². The van der Waals surface area contributed by atoms with E-state index in [0.717, 1.165) is 11.8 Å². The van der Waals surface area contributed by atoms with Crippen LogP contribution < -0.4 is 13.8 Å². The fourth-order valence-corrected chi connectivity index (χ4v) is 3.44. The van der Waals surface area contributed by atoms with Gasteiger partial charge in [0.25, 0.3) is 0 Å². The number of benzene rings is 1. The smallest absolute Gasteiger partial charge is 0.307 e. The lowest BCUT2D eigenvalue weighted by atomic mass is 10.2. The summed E-state index contributed by atoms with van der Waals surface area (Å²) >= 11 is 0. The molecule has 0 aliphatic rings. The van der Waals surface area contributed by atoms with E-state index in [-0.39, 0.29) is 29.0 Å². The molecule has 3 aromatic rings. The molecule has 0 saturated carbocycles. The van der Waals surface area contributed by atoms with Gasteiger partial charge in [0.05, 0.1) is 20.5 Å². The van der Waals surface area contributed by atoms with Gasteiger partial charge in [-0.1, -0.05) is 24.1 Å². The van der Waals surface area contributed by atoms with E-state index in [0.29, 0.717) is 4.31 Å². The molecule has 0 N–H and O–H groups in total. The van der Waals surface area contributed by atoms with Gasteiger partial charge >= 0.3 is 5.91 Å². The number of amides is 1. The third-order valence-electron chi connectivity index (χ3n) is 3.87. The zero-order valence-corrected chi connectivity index (χ0v) is 17.3. The van der Waals surface area contributed by atoms with Crippen molar-refractivity contribution in [1.29, 1.82) is 0 Å². The van der Waals surface area contributed by atoms with Crippen molar-refractivity contribution in [3.63, 3.8) is 0 Å². The maximum absolute atomic E-state index is 13.0. The standard InChI is InChI=1S/C21H18N2O6S/c1-27-19-14-12-17(20(22-19)28-2)23(30(3,25)26)21(24)18-13-11-16(29-18)10-9-15-7-5-4-6-8-15/h4-8,11-14H,1-3H3. The molecular formula is C21H18N2O6S. The molecule has 2 aromatic heterocycles. The van der Waals surface area contributed by atoms with E-state index in [9.17, 15) is 13.2 Å². The van der Waals surface area contributed by atoms with Gasteiger partial charge in [0, 0.05) is 11.6 Å². The van der Waals surface area contributed by atoms with E-state index in [1.807, 2.05) is 30.3 Å². The second kappa shape index (κ2) is 8.71. The number of methoxy groups -OCH3 is 2. The van der Waals surface area contributed by atoms with Crippen LogP contribution in [0.3, 0.4) is 0 Å². The lowest BCUT2D eigenvalue weighted by molar-refractivity contribution is 0.0978. The second-order valence-electron chi connectivity index (χ2n) is 5.99. The summed E-state index contributed by atoms with van der Waals surface area (Å²) in [5.74, 6) is 4.93. The highest BCUT2D eigenvalue weighted by Gasteiger charge is 2.32.